The topological polar surface area (TPSA) is 31.2 Å². The first-order valence-corrected chi connectivity index (χ1v) is 4.66. The van der Waals surface area contributed by atoms with Crippen molar-refractivity contribution >= 4 is 0 Å². The molecule has 1 rings (SSSR count). The van der Waals surface area contributed by atoms with Crippen LogP contribution in [0.15, 0.2) is 17.1 Å². The molecule has 0 aliphatic heterocycles. The zero-order valence-electron chi connectivity index (χ0n) is 9.42. The first-order valence-electron chi connectivity index (χ1n) is 4.66. The van der Waals surface area contributed by atoms with Crippen LogP contribution in [0.5, 0.6) is 5.75 Å². The van der Waals surface area contributed by atoms with Crippen LogP contribution in [0.3, 0.4) is 0 Å². The number of aryl methyl sites for hydroxylation is 1. The largest absolute Gasteiger partial charge is 0.482 e. The number of hydrogen-bond donors (Lipinski definition) is 0. The summed E-state index contributed by atoms with van der Waals surface area (Å²) in [5.74, 6) is 0.447. The van der Waals surface area contributed by atoms with Crippen LogP contribution in [0.4, 0.5) is 0 Å². The Kier molecular flexibility index (Phi) is 2.69. The first-order chi connectivity index (χ1) is 6.31. The van der Waals surface area contributed by atoms with Crippen molar-refractivity contribution < 1.29 is 4.74 Å². The van der Waals surface area contributed by atoms with Crippen molar-refractivity contribution in [2.45, 2.75) is 33.3 Å². The number of aromatic nitrogens is 1. The smallest absolute Gasteiger partial charge is 0.223 e. The minimum absolute atomic E-state index is 0.0597. The summed E-state index contributed by atoms with van der Waals surface area (Å²) in [5.41, 5.74) is 0.459. The van der Waals surface area contributed by atoms with E-state index in [1.165, 1.54) is 6.07 Å². The van der Waals surface area contributed by atoms with Gasteiger partial charge in [0.25, 0.3) is 0 Å². The standard InChI is InChI=1S/C11H17NO2/c1-8-10(14-11(2,3)4)9(13)6-7-12(8)5/h6-7H,1-5H3. The number of rotatable bonds is 1. The van der Waals surface area contributed by atoms with E-state index in [0.717, 1.165) is 5.69 Å². The lowest BCUT2D eigenvalue weighted by Gasteiger charge is -2.22. The first kappa shape index (κ1) is 10.8. The van der Waals surface area contributed by atoms with E-state index in [0.29, 0.717) is 5.75 Å². The number of pyridine rings is 1. The third-order valence-corrected chi connectivity index (χ3v) is 1.94. The van der Waals surface area contributed by atoms with E-state index in [-0.39, 0.29) is 11.0 Å². The van der Waals surface area contributed by atoms with E-state index in [2.05, 4.69) is 0 Å². The molecule has 0 N–H and O–H groups in total. The van der Waals surface area contributed by atoms with E-state index in [1.54, 1.807) is 6.20 Å². The van der Waals surface area contributed by atoms with E-state index in [4.69, 9.17) is 4.74 Å². The highest BCUT2D eigenvalue weighted by Crippen LogP contribution is 2.17. The lowest BCUT2D eigenvalue weighted by atomic mass is 10.2. The SMILES string of the molecule is Cc1c(OC(C)(C)C)c(=O)ccn1C. The predicted octanol–water partition coefficient (Wildman–Crippen LogP) is 1.87. The van der Waals surface area contributed by atoms with Crippen LogP contribution in [0.2, 0.25) is 0 Å². The molecule has 0 aliphatic carbocycles. The Hall–Kier alpha value is -1.25. The fraction of sp³-hybridized carbons (Fsp3) is 0.545. The molecule has 0 saturated heterocycles. The Bertz CT molecular complexity index is 385. The average molecular weight is 195 g/mol. The van der Waals surface area contributed by atoms with Crippen molar-refractivity contribution in [3.63, 3.8) is 0 Å². The van der Waals surface area contributed by atoms with Gasteiger partial charge in [0, 0.05) is 19.3 Å². The highest BCUT2D eigenvalue weighted by molar-refractivity contribution is 5.27. The summed E-state index contributed by atoms with van der Waals surface area (Å²) in [5, 5.41) is 0. The molecule has 0 fully saturated rings. The van der Waals surface area contributed by atoms with E-state index in [9.17, 15) is 4.79 Å². The van der Waals surface area contributed by atoms with Gasteiger partial charge in [0.1, 0.15) is 5.60 Å². The molecule has 0 radical (unpaired) electrons. The van der Waals surface area contributed by atoms with Gasteiger partial charge in [-0.25, -0.2) is 0 Å². The molecule has 1 heterocycles. The molecule has 3 nitrogen and oxygen atoms in total. The third-order valence-electron chi connectivity index (χ3n) is 1.94. The van der Waals surface area contributed by atoms with Gasteiger partial charge in [0.15, 0.2) is 5.75 Å². The Morgan fingerprint density at radius 1 is 1.36 bits per heavy atom. The van der Waals surface area contributed by atoms with Crippen molar-refractivity contribution in [1.82, 2.24) is 4.57 Å². The van der Waals surface area contributed by atoms with E-state index in [1.807, 2.05) is 39.3 Å². The van der Waals surface area contributed by atoms with E-state index >= 15 is 0 Å². The molecule has 0 unspecified atom stereocenters. The fourth-order valence-corrected chi connectivity index (χ4v) is 1.14. The molecule has 0 saturated carbocycles. The summed E-state index contributed by atoms with van der Waals surface area (Å²) < 4.78 is 7.49. The van der Waals surface area contributed by atoms with Gasteiger partial charge in [-0.2, -0.15) is 0 Å². The summed E-state index contributed by atoms with van der Waals surface area (Å²) in [7, 11) is 1.89. The van der Waals surface area contributed by atoms with Crippen molar-refractivity contribution in [2.75, 3.05) is 0 Å². The minimum Gasteiger partial charge on any atom is -0.482 e. The van der Waals surface area contributed by atoms with Crippen LogP contribution in [0.25, 0.3) is 0 Å². The molecular formula is C11H17NO2. The molecule has 0 amide bonds. The van der Waals surface area contributed by atoms with Crippen molar-refractivity contribution in [3.05, 3.63) is 28.2 Å². The highest BCUT2D eigenvalue weighted by Gasteiger charge is 2.16. The van der Waals surface area contributed by atoms with Crippen LogP contribution in [0.1, 0.15) is 26.5 Å². The van der Waals surface area contributed by atoms with Crippen molar-refractivity contribution in [1.29, 1.82) is 0 Å². The molecule has 1 aromatic heterocycles. The molecule has 0 aliphatic rings. The number of ether oxygens (including phenoxy) is 1. The Morgan fingerprint density at radius 2 is 1.93 bits per heavy atom. The zero-order valence-corrected chi connectivity index (χ0v) is 9.42. The maximum Gasteiger partial charge on any atom is 0.223 e. The maximum absolute atomic E-state index is 11.5. The molecular weight excluding hydrogens is 178 g/mol. The zero-order chi connectivity index (χ0) is 10.9. The Balaban J connectivity index is 3.20. The maximum atomic E-state index is 11.5. The Morgan fingerprint density at radius 3 is 2.43 bits per heavy atom. The van der Waals surface area contributed by atoms with Crippen LogP contribution < -0.4 is 10.2 Å². The molecule has 0 aromatic carbocycles. The molecule has 1 aromatic rings. The van der Waals surface area contributed by atoms with Gasteiger partial charge in [-0.05, 0) is 27.7 Å². The lowest BCUT2D eigenvalue weighted by molar-refractivity contribution is 0.127. The monoisotopic (exact) mass is 195 g/mol. The second-order valence-electron chi connectivity index (χ2n) is 4.42. The second kappa shape index (κ2) is 3.48. The summed E-state index contributed by atoms with van der Waals surface area (Å²) >= 11 is 0. The molecule has 14 heavy (non-hydrogen) atoms. The van der Waals surface area contributed by atoms with Crippen molar-refractivity contribution in [2.24, 2.45) is 7.05 Å². The highest BCUT2D eigenvalue weighted by atomic mass is 16.5. The van der Waals surface area contributed by atoms with Gasteiger partial charge in [-0.3, -0.25) is 4.79 Å². The predicted molar refractivity (Wildman–Crippen MR) is 56.8 cm³/mol. The molecule has 78 valence electrons. The average Bonchev–Trinajstić information content (AvgIpc) is 2.04. The molecule has 0 spiro atoms. The van der Waals surface area contributed by atoms with Crippen molar-refractivity contribution in [3.8, 4) is 5.75 Å². The third kappa shape index (κ3) is 2.37. The van der Waals surface area contributed by atoms with Gasteiger partial charge in [0.2, 0.25) is 5.43 Å². The van der Waals surface area contributed by atoms with Gasteiger partial charge in [-0.1, -0.05) is 0 Å². The van der Waals surface area contributed by atoms with Gasteiger partial charge < -0.3 is 9.30 Å². The second-order valence-corrected chi connectivity index (χ2v) is 4.42. The summed E-state index contributed by atoms with van der Waals surface area (Å²) in [4.78, 5) is 11.5. The minimum atomic E-state index is -0.335. The van der Waals surface area contributed by atoms with Crippen LogP contribution in [0, 0.1) is 6.92 Å². The molecule has 0 bridgehead atoms. The summed E-state index contributed by atoms with van der Waals surface area (Å²) in [6.45, 7) is 7.67. The number of nitrogens with zero attached hydrogens (tertiary/aromatic N) is 1. The Labute approximate surface area is 84.3 Å². The van der Waals surface area contributed by atoms with Gasteiger partial charge in [-0.15, -0.1) is 0 Å². The summed E-state index contributed by atoms with van der Waals surface area (Å²) in [6, 6.07) is 1.52. The molecule has 3 heteroatoms. The van der Waals surface area contributed by atoms with Gasteiger partial charge in [0.05, 0.1) is 5.69 Å². The van der Waals surface area contributed by atoms with Crippen LogP contribution in [-0.2, 0) is 7.05 Å². The quantitative estimate of drug-likeness (QED) is 0.685. The lowest BCUT2D eigenvalue weighted by Crippen LogP contribution is -2.27. The van der Waals surface area contributed by atoms with Crippen LogP contribution >= 0.6 is 0 Å². The van der Waals surface area contributed by atoms with Gasteiger partial charge >= 0.3 is 0 Å². The van der Waals surface area contributed by atoms with E-state index < -0.39 is 0 Å². The van der Waals surface area contributed by atoms with Crippen LogP contribution in [-0.4, -0.2) is 10.2 Å². The molecule has 0 atom stereocenters. The summed E-state index contributed by atoms with van der Waals surface area (Å²) in [6.07, 6.45) is 1.74. The number of hydrogen-bond acceptors (Lipinski definition) is 2. The normalized spacial score (nSPS) is 11.5. The fourth-order valence-electron chi connectivity index (χ4n) is 1.14.